The molecule has 0 saturated heterocycles. The first kappa shape index (κ1) is 41.0. The van der Waals surface area contributed by atoms with Crippen LogP contribution in [0.2, 0.25) is 0 Å². The van der Waals surface area contributed by atoms with Crippen LogP contribution in [0.4, 0.5) is 0 Å². The predicted octanol–water partition coefficient (Wildman–Crippen LogP) is 10.3. The molecule has 0 bridgehead atoms. The Bertz CT molecular complexity index is 1010. The average Bonchev–Trinajstić information content (AvgIpc) is 2.99. The fraction of sp³-hybridized carbons (Fsp3) is 0.750. The molecule has 0 aromatic rings. The maximum absolute atomic E-state index is 12.3. The van der Waals surface area contributed by atoms with Crippen molar-refractivity contribution in [2.24, 2.45) is 11.3 Å². The van der Waals surface area contributed by atoms with Crippen molar-refractivity contribution in [2.75, 3.05) is 6.61 Å². The monoisotopic (exact) mass is 629 g/mol. The molecule has 1 aliphatic rings. The van der Waals surface area contributed by atoms with E-state index in [2.05, 4.69) is 52.8 Å². The Kier molecular flexibility index (Phi) is 19.8. The van der Waals surface area contributed by atoms with Gasteiger partial charge in [-0.2, -0.15) is 0 Å². The second-order valence-electron chi connectivity index (χ2n) is 14.4. The van der Waals surface area contributed by atoms with Crippen molar-refractivity contribution in [2.45, 2.75) is 176 Å². The van der Waals surface area contributed by atoms with E-state index in [4.69, 9.17) is 4.74 Å². The van der Waals surface area contributed by atoms with Gasteiger partial charge in [-0.1, -0.05) is 87.3 Å². The van der Waals surface area contributed by atoms with Crippen LogP contribution in [0.25, 0.3) is 0 Å². The van der Waals surface area contributed by atoms with Gasteiger partial charge in [-0.25, -0.2) is 0 Å². The van der Waals surface area contributed by atoms with Gasteiger partial charge in [0.15, 0.2) is 0 Å². The van der Waals surface area contributed by atoms with E-state index in [9.17, 15) is 19.8 Å². The van der Waals surface area contributed by atoms with Gasteiger partial charge in [-0.05, 0) is 123 Å². The number of aldehydes is 1. The summed E-state index contributed by atoms with van der Waals surface area (Å²) in [5, 5.41) is 22.5. The molecule has 0 spiro atoms. The number of allylic oxidation sites excluding steroid dienone is 6. The van der Waals surface area contributed by atoms with E-state index in [-0.39, 0.29) is 11.9 Å². The Morgan fingerprint density at radius 3 is 2.24 bits per heavy atom. The van der Waals surface area contributed by atoms with Gasteiger partial charge in [-0.15, -0.1) is 0 Å². The molecule has 0 radical (unpaired) electrons. The molecule has 5 nitrogen and oxygen atoms in total. The zero-order chi connectivity index (χ0) is 33.9. The molecule has 0 aromatic heterocycles. The molecule has 1 fully saturated rings. The number of rotatable bonds is 22. The number of aliphatic hydroxyl groups is 2. The molecule has 1 rings (SSSR count). The summed E-state index contributed by atoms with van der Waals surface area (Å²) < 4.78 is 5.60. The topological polar surface area (TPSA) is 83.8 Å². The predicted molar refractivity (Wildman–Crippen MR) is 189 cm³/mol. The number of ether oxygens (including phenoxy) is 1. The molecule has 0 aliphatic heterocycles. The summed E-state index contributed by atoms with van der Waals surface area (Å²) in [6.45, 7) is 16.9. The van der Waals surface area contributed by atoms with Gasteiger partial charge in [0, 0.05) is 11.8 Å². The van der Waals surface area contributed by atoms with Crippen molar-refractivity contribution in [1.82, 2.24) is 0 Å². The zero-order valence-corrected chi connectivity index (χ0v) is 30.3. The standard InChI is InChI=1S/C40H68O5/c1-9-10-11-12-13-14-15-23-38(43)45-29-18-22-36-35(34(6)30-41)26-28-40(8,44)39(36,7)27-17-21-33(5)37(42)25-24-32(4)20-16-19-31(2)3/h19,21,24,30,36-37,42,44H,9-18,20,22-23,25-29H2,1-8H3/b32-24+,33-21+,35-34+/t36?,37?,39?,40-/m0/s1. The molecule has 1 saturated carbocycles. The first-order valence-corrected chi connectivity index (χ1v) is 18.0. The first-order valence-electron chi connectivity index (χ1n) is 18.0. The third-order valence-electron chi connectivity index (χ3n) is 10.3. The Morgan fingerprint density at radius 2 is 1.60 bits per heavy atom. The van der Waals surface area contributed by atoms with Crippen LogP contribution in [0.15, 0.2) is 46.1 Å². The molecule has 4 atom stereocenters. The van der Waals surface area contributed by atoms with Crippen LogP contribution in [0.5, 0.6) is 0 Å². The highest BCUT2D eigenvalue weighted by atomic mass is 16.5. The molecule has 1 aliphatic carbocycles. The van der Waals surface area contributed by atoms with Crippen molar-refractivity contribution in [3.05, 3.63) is 46.1 Å². The summed E-state index contributed by atoms with van der Waals surface area (Å²) in [5.41, 5.74) is 4.10. The normalized spacial score (nSPS) is 24.3. The number of hydrogen-bond acceptors (Lipinski definition) is 5. The number of unbranched alkanes of at least 4 members (excludes halogenated alkanes) is 6. The molecule has 3 unspecified atom stereocenters. The van der Waals surface area contributed by atoms with Gasteiger partial charge in [0.05, 0.1) is 18.3 Å². The van der Waals surface area contributed by atoms with Crippen LogP contribution >= 0.6 is 0 Å². The summed E-state index contributed by atoms with van der Waals surface area (Å²) in [7, 11) is 0. The van der Waals surface area contributed by atoms with Crippen LogP contribution < -0.4 is 0 Å². The molecule has 0 amide bonds. The lowest BCUT2D eigenvalue weighted by molar-refractivity contribution is -0.144. The van der Waals surface area contributed by atoms with E-state index >= 15 is 0 Å². The number of carbonyl (C=O) groups excluding carboxylic acids is 2. The molecule has 5 heteroatoms. The van der Waals surface area contributed by atoms with Gasteiger partial charge in [0.25, 0.3) is 0 Å². The van der Waals surface area contributed by atoms with Crippen LogP contribution in [-0.2, 0) is 14.3 Å². The van der Waals surface area contributed by atoms with E-state index in [0.717, 1.165) is 68.0 Å². The van der Waals surface area contributed by atoms with E-state index < -0.39 is 17.1 Å². The van der Waals surface area contributed by atoms with Crippen LogP contribution in [-0.4, -0.2) is 40.8 Å². The highest BCUT2D eigenvalue weighted by Gasteiger charge is 2.52. The van der Waals surface area contributed by atoms with E-state index in [1.54, 1.807) is 0 Å². The lowest BCUT2D eigenvalue weighted by Crippen LogP contribution is -2.52. The van der Waals surface area contributed by atoms with Gasteiger partial charge in [-0.3, -0.25) is 9.59 Å². The highest BCUT2D eigenvalue weighted by Crippen LogP contribution is 2.55. The summed E-state index contributed by atoms with van der Waals surface area (Å²) in [4.78, 5) is 24.2. The summed E-state index contributed by atoms with van der Waals surface area (Å²) in [5.74, 6) is -0.114. The van der Waals surface area contributed by atoms with Crippen molar-refractivity contribution in [3.8, 4) is 0 Å². The smallest absolute Gasteiger partial charge is 0.305 e. The maximum Gasteiger partial charge on any atom is 0.305 e. The number of esters is 1. The zero-order valence-electron chi connectivity index (χ0n) is 30.3. The molecular weight excluding hydrogens is 560 g/mol. The van der Waals surface area contributed by atoms with E-state index in [0.29, 0.717) is 38.7 Å². The minimum Gasteiger partial charge on any atom is -0.466 e. The highest BCUT2D eigenvalue weighted by molar-refractivity contribution is 5.74. The fourth-order valence-corrected chi connectivity index (χ4v) is 6.78. The minimum absolute atomic E-state index is 0.0123. The number of carbonyl (C=O) groups is 2. The van der Waals surface area contributed by atoms with Gasteiger partial charge in [0.1, 0.15) is 6.29 Å². The fourth-order valence-electron chi connectivity index (χ4n) is 6.78. The first-order chi connectivity index (χ1) is 21.3. The Balaban J connectivity index is 2.81. The van der Waals surface area contributed by atoms with Gasteiger partial charge in [0.2, 0.25) is 0 Å². The SMILES string of the molecule is CCCCCCCCCC(=O)OCCCC1/C(=C(\C)C=O)CC[C@](C)(O)C1(C)CC/C=C(\C)C(O)C/C=C(\C)CCC=C(C)C. The summed E-state index contributed by atoms with van der Waals surface area (Å²) in [6, 6.07) is 0. The van der Waals surface area contributed by atoms with Crippen LogP contribution in [0.1, 0.15) is 165 Å². The molecule has 0 heterocycles. The molecule has 2 N–H and O–H groups in total. The lowest BCUT2D eigenvalue weighted by atomic mass is 9.54. The van der Waals surface area contributed by atoms with Crippen molar-refractivity contribution < 1.29 is 24.5 Å². The van der Waals surface area contributed by atoms with Crippen LogP contribution in [0.3, 0.4) is 0 Å². The maximum atomic E-state index is 12.3. The summed E-state index contributed by atoms with van der Waals surface area (Å²) >= 11 is 0. The second kappa shape index (κ2) is 21.7. The quantitative estimate of drug-likeness (QED) is 0.0410. The number of aliphatic hydroxyl groups excluding tert-OH is 1. The number of hydrogen-bond donors (Lipinski definition) is 2. The largest absolute Gasteiger partial charge is 0.466 e. The molecule has 258 valence electrons. The third-order valence-corrected chi connectivity index (χ3v) is 10.3. The van der Waals surface area contributed by atoms with E-state index in [1.165, 1.54) is 43.3 Å². The van der Waals surface area contributed by atoms with Crippen molar-refractivity contribution in [1.29, 1.82) is 0 Å². The summed E-state index contributed by atoms with van der Waals surface area (Å²) in [6.07, 6.45) is 22.4. The minimum atomic E-state index is -0.899. The Labute approximate surface area is 276 Å². The van der Waals surface area contributed by atoms with Crippen molar-refractivity contribution in [3.63, 3.8) is 0 Å². The molecular formula is C40H68O5. The van der Waals surface area contributed by atoms with Crippen LogP contribution in [0, 0.1) is 11.3 Å². The van der Waals surface area contributed by atoms with Gasteiger partial charge < -0.3 is 14.9 Å². The molecule has 45 heavy (non-hydrogen) atoms. The third kappa shape index (κ3) is 15.0. The molecule has 0 aromatic carbocycles. The second-order valence-corrected chi connectivity index (χ2v) is 14.4. The van der Waals surface area contributed by atoms with E-state index in [1.807, 2.05) is 20.8 Å². The lowest BCUT2D eigenvalue weighted by Gasteiger charge is -2.53. The van der Waals surface area contributed by atoms with Crippen molar-refractivity contribution >= 4 is 12.3 Å². The average molecular weight is 629 g/mol. The Morgan fingerprint density at radius 1 is 0.933 bits per heavy atom. The van der Waals surface area contributed by atoms with Gasteiger partial charge >= 0.3 is 5.97 Å². The Hall–Kier alpha value is -1.98.